The van der Waals surface area contributed by atoms with E-state index in [0.29, 0.717) is 28.6 Å². The molecule has 11 heteroatoms. The van der Waals surface area contributed by atoms with Crippen LogP contribution in [0.15, 0.2) is 42.5 Å². The Morgan fingerprint density at radius 3 is 2.37 bits per heavy atom. The highest BCUT2D eigenvalue weighted by Crippen LogP contribution is 2.36. The number of amides is 2. The second kappa shape index (κ2) is 13.2. The van der Waals surface area contributed by atoms with Crippen LogP contribution in [0.1, 0.15) is 52.0 Å². The van der Waals surface area contributed by atoms with E-state index in [-0.39, 0.29) is 50.6 Å². The first-order valence-electron chi connectivity index (χ1n) is 12.7. The van der Waals surface area contributed by atoms with Crippen LogP contribution in [0.2, 0.25) is 5.02 Å². The number of fused-ring (bicyclic) bond motifs is 1. The standard InChI is InChI=1S/C27H36ClN3O6S/c1-5-19(3)29-27(33)23(6-2)30(17-20-9-11-21(28)12-10-20)26(32)8-7-15-31(38(4,34)35)22-13-14-24-25(16-22)37-18-36-24/h9-14,16,19,23H,5-8,15,17-18H2,1-4H3,(H,29,33)/t19-,23+/m1/s1. The fraction of sp³-hybridized carbons (Fsp3) is 0.481. The lowest BCUT2D eigenvalue weighted by atomic mass is 10.1. The third kappa shape index (κ3) is 7.77. The van der Waals surface area contributed by atoms with Crippen LogP contribution in [-0.4, -0.2) is 56.8 Å². The fourth-order valence-electron chi connectivity index (χ4n) is 4.19. The van der Waals surface area contributed by atoms with Crippen molar-refractivity contribution < 1.29 is 27.5 Å². The summed E-state index contributed by atoms with van der Waals surface area (Å²) in [5, 5.41) is 3.56. The van der Waals surface area contributed by atoms with E-state index >= 15 is 0 Å². The summed E-state index contributed by atoms with van der Waals surface area (Å²) in [6, 6.07) is 11.4. The van der Waals surface area contributed by atoms with Gasteiger partial charge >= 0.3 is 0 Å². The van der Waals surface area contributed by atoms with Crippen LogP contribution in [0.3, 0.4) is 0 Å². The van der Waals surface area contributed by atoms with Gasteiger partial charge in [0.15, 0.2) is 11.5 Å². The molecular weight excluding hydrogens is 530 g/mol. The van der Waals surface area contributed by atoms with Gasteiger partial charge in [-0.25, -0.2) is 8.42 Å². The molecule has 1 aliphatic heterocycles. The van der Waals surface area contributed by atoms with Gasteiger partial charge in [-0.05, 0) is 56.0 Å². The Hall–Kier alpha value is -2.98. The number of ether oxygens (including phenoxy) is 2. The predicted molar refractivity (Wildman–Crippen MR) is 148 cm³/mol. The van der Waals surface area contributed by atoms with Crippen LogP contribution in [0, 0.1) is 0 Å². The summed E-state index contributed by atoms with van der Waals surface area (Å²) in [6.07, 6.45) is 2.67. The van der Waals surface area contributed by atoms with E-state index in [0.717, 1.165) is 18.2 Å². The number of carbonyl (C=O) groups excluding carboxylic acids is 2. The number of nitrogens with zero attached hydrogens (tertiary/aromatic N) is 2. The second-order valence-electron chi connectivity index (χ2n) is 9.37. The molecule has 0 aromatic heterocycles. The number of carbonyl (C=O) groups is 2. The number of anilines is 1. The first kappa shape index (κ1) is 29.6. The Kier molecular flexibility index (Phi) is 10.3. The van der Waals surface area contributed by atoms with Crippen molar-refractivity contribution in [3.8, 4) is 11.5 Å². The van der Waals surface area contributed by atoms with Crippen LogP contribution in [0.5, 0.6) is 11.5 Å². The second-order valence-corrected chi connectivity index (χ2v) is 11.7. The number of halogens is 1. The van der Waals surface area contributed by atoms with Gasteiger partial charge in [-0.3, -0.25) is 13.9 Å². The lowest BCUT2D eigenvalue weighted by molar-refractivity contribution is -0.141. The Morgan fingerprint density at radius 2 is 1.74 bits per heavy atom. The van der Waals surface area contributed by atoms with Crippen molar-refractivity contribution in [1.82, 2.24) is 10.2 Å². The Balaban J connectivity index is 1.76. The van der Waals surface area contributed by atoms with Crippen molar-refractivity contribution >= 4 is 39.1 Å². The normalized spacial score (nSPS) is 14.0. The zero-order valence-corrected chi connectivity index (χ0v) is 23.8. The Labute approximate surface area is 230 Å². The van der Waals surface area contributed by atoms with Crippen LogP contribution >= 0.6 is 11.6 Å². The predicted octanol–water partition coefficient (Wildman–Crippen LogP) is 4.34. The van der Waals surface area contributed by atoms with Gasteiger partial charge in [-0.2, -0.15) is 0 Å². The summed E-state index contributed by atoms with van der Waals surface area (Å²) in [6.45, 7) is 6.18. The van der Waals surface area contributed by atoms with Crippen molar-refractivity contribution in [2.45, 2.75) is 65.1 Å². The lowest BCUT2D eigenvalue weighted by Crippen LogP contribution is -2.50. The average molecular weight is 566 g/mol. The van der Waals surface area contributed by atoms with E-state index in [1.54, 1.807) is 35.2 Å². The quantitative estimate of drug-likeness (QED) is 0.387. The summed E-state index contributed by atoms with van der Waals surface area (Å²) in [4.78, 5) is 28.2. The van der Waals surface area contributed by atoms with Crippen LogP contribution in [-0.2, 0) is 26.2 Å². The van der Waals surface area contributed by atoms with Crippen molar-refractivity contribution in [1.29, 1.82) is 0 Å². The summed E-state index contributed by atoms with van der Waals surface area (Å²) >= 11 is 6.03. The van der Waals surface area contributed by atoms with Gasteiger partial charge in [0.2, 0.25) is 28.6 Å². The van der Waals surface area contributed by atoms with Gasteiger partial charge in [0.1, 0.15) is 6.04 Å². The molecule has 9 nitrogen and oxygen atoms in total. The Morgan fingerprint density at radius 1 is 1.05 bits per heavy atom. The molecule has 0 spiro atoms. The van der Waals surface area contributed by atoms with E-state index in [4.69, 9.17) is 21.1 Å². The highest BCUT2D eigenvalue weighted by molar-refractivity contribution is 7.92. The molecule has 2 aromatic rings. The minimum atomic E-state index is -3.62. The molecule has 208 valence electrons. The molecule has 1 heterocycles. The van der Waals surface area contributed by atoms with Crippen LogP contribution in [0.4, 0.5) is 5.69 Å². The Bertz CT molecular complexity index is 1220. The maximum absolute atomic E-state index is 13.5. The molecule has 0 aliphatic carbocycles. The molecule has 2 amide bonds. The molecule has 3 rings (SSSR count). The number of nitrogens with one attached hydrogen (secondary N) is 1. The SMILES string of the molecule is CC[C@@H](C)NC(=O)[C@H](CC)N(Cc1ccc(Cl)cc1)C(=O)CCCN(c1ccc2c(c1)OCO2)S(C)(=O)=O. The highest BCUT2D eigenvalue weighted by atomic mass is 35.5. The topological polar surface area (TPSA) is 105 Å². The molecule has 1 aliphatic rings. The molecule has 0 bridgehead atoms. The molecular formula is C27H36ClN3O6S. The van der Waals surface area contributed by atoms with Crippen LogP contribution in [0.25, 0.3) is 0 Å². The van der Waals surface area contributed by atoms with Crippen LogP contribution < -0.4 is 19.1 Å². The number of sulfonamides is 1. The van der Waals surface area contributed by atoms with E-state index in [9.17, 15) is 18.0 Å². The van der Waals surface area contributed by atoms with Gasteiger partial charge in [0, 0.05) is 36.6 Å². The molecule has 0 saturated heterocycles. The zero-order chi connectivity index (χ0) is 27.9. The van der Waals surface area contributed by atoms with Gasteiger partial charge in [0.25, 0.3) is 0 Å². The molecule has 0 saturated carbocycles. The first-order chi connectivity index (χ1) is 18.0. The summed E-state index contributed by atoms with van der Waals surface area (Å²) in [5.74, 6) is 0.587. The number of rotatable bonds is 13. The summed E-state index contributed by atoms with van der Waals surface area (Å²) < 4.78 is 37.1. The third-order valence-electron chi connectivity index (χ3n) is 6.45. The first-order valence-corrected chi connectivity index (χ1v) is 15.0. The number of hydrogen-bond acceptors (Lipinski definition) is 6. The molecule has 1 N–H and O–H groups in total. The van der Waals surface area contributed by atoms with Gasteiger partial charge in [-0.1, -0.05) is 37.6 Å². The van der Waals surface area contributed by atoms with E-state index in [1.165, 1.54) is 4.31 Å². The summed E-state index contributed by atoms with van der Waals surface area (Å²) in [7, 11) is -3.62. The van der Waals surface area contributed by atoms with Gasteiger partial charge in [-0.15, -0.1) is 0 Å². The number of hydrogen-bond donors (Lipinski definition) is 1. The molecule has 0 fully saturated rings. The van der Waals surface area contributed by atoms with Gasteiger partial charge < -0.3 is 19.7 Å². The zero-order valence-electron chi connectivity index (χ0n) is 22.3. The minimum absolute atomic E-state index is 0.0194. The monoisotopic (exact) mass is 565 g/mol. The third-order valence-corrected chi connectivity index (χ3v) is 7.90. The van der Waals surface area contributed by atoms with Crippen molar-refractivity contribution in [2.75, 3.05) is 23.9 Å². The van der Waals surface area contributed by atoms with E-state index < -0.39 is 16.1 Å². The molecule has 0 radical (unpaired) electrons. The van der Waals surface area contributed by atoms with Crippen molar-refractivity contribution in [3.63, 3.8) is 0 Å². The van der Waals surface area contributed by atoms with E-state index in [2.05, 4.69) is 5.32 Å². The largest absolute Gasteiger partial charge is 0.454 e. The maximum atomic E-state index is 13.5. The maximum Gasteiger partial charge on any atom is 0.243 e. The molecule has 2 atom stereocenters. The minimum Gasteiger partial charge on any atom is -0.454 e. The lowest BCUT2D eigenvalue weighted by Gasteiger charge is -2.32. The fourth-order valence-corrected chi connectivity index (χ4v) is 5.27. The molecule has 0 unspecified atom stereocenters. The van der Waals surface area contributed by atoms with Crippen molar-refractivity contribution in [2.24, 2.45) is 0 Å². The highest BCUT2D eigenvalue weighted by Gasteiger charge is 2.29. The summed E-state index contributed by atoms with van der Waals surface area (Å²) in [5.41, 5.74) is 1.28. The van der Waals surface area contributed by atoms with Gasteiger partial charge in [0.05, 0.1) is 11.9 Å². The van der Waals surface area contributed by atoms with E-state index in [1.807, 2.05) is 32.9 Å². The molecule has 38 heavy (non-hydrogen) atoms. The van der Waals surface area contributed by atoms with Crippen molar-refractivity contribution in [3.05, 3.63) is 53.1 Å². The smallest absolute Gasteiger partial charge is 0.243 e. The average Bonchev–Trinajstić information content (AvgIpc) is 3.34. The molecule has 2 aromatic carbocycles. The number of benzene rings is 2.